The molecule has 1 aliphatic rings. The van der Waals surface area contributed by atoms with Gasteiger partial charge in [0.05, 0.1) is 19.9 Å². The second-order valence-corrected chi connectivity index (χ2v) is 7.37. The zero-order valence-electron chi connectivity index (χ0n) is 16.5. The number of likely N-dealkylation sites (tertiary alicyclic amines) is 1. The molecule has 0 radical (unpaired) electrons. The van der Waals surface area contributed by atoms with Crippen molar-refractivity contribution >= 4 is 17.5 Å². The number of imidazole rings is 1. The van der Waals surface area contributed by atoms with E-state index in [0.717, 1.165) is 55.0 Å². The van der Waals surface area contributed by atoms with Gasteiger partial charge in [0.25, 0.3) is 0 Å². The summed E-state index contributed by atoms with van der Waals surface area (Å²) in [7, 11) is 1.63. The number of aromatic nitrogens is 2. The molecule has 1 aliphatic heterocycles. The quantitative estimate of drug-likeness (QED) is 0.768. The van der Waals surface area contributed by atoms with Gasteiger partial charge in [0.2, 0.25) is 11.8 Å². The van der Waals surface area contributed by atoms with Crippen LogP contribution in [0.1, 0.15) is 36.9 Å². The lowest BCUT2D eigenvalue weighted by Gasteiger charge is -2.32. The zero-order chi connectivity index (χ0) is 19.9. The molecule has 2 aromatic rings. The van der Waals surface area contributed by atoms with Gasteiger partial charge in [-0.3, -0.25) is 9.59 Å². The van der Waals surface area contributed by atoms with E-state index in [1.165, 1.54) is 0 Å². The Bertz CT molecular complexity index is 804. The maximum absolute atomic E-state index is 12.5. The Morgan fingerprint density at radius 1 is 1.39 bits per heavy atom. The molecule has 28 heavy (non-hydrogen) atoms. The molecular formula is C21H28N4O3. The summed E-state index contributed by atoms with van der Waals surface area (Å²) < 4.78 is 5.19. The van der Waals surface area contributed by atoms with Crippen LogP contribution in [0.4, 0.5) is 5.69 Å². The largest absolute Gasteiger partial charge is 0.497 e. The van der Waals surface area contributed by atoms with Gasteiger partial charge in [-0.05, 0) is 55.9 Å². The lowest BCUT2D eigenvalue weighted by molar-refractivity contribution is -0.132. The van der Waals surface area contributed by atoms with Gasteiger partial charge in [-0.1, -0.05) is 0 Å². The first-order valence-corrected chi connectivity index (χ1v) is 9.74. The smallest absolute Gasteiger partial charge is 0.228 e. The Morgan fingerprint density at radius 3 is 2.96 bits per heavy atom. The highest BCUT2D eigenvalue weighted by molar-refractivity contribution is 5.91. The molecule has 7 heteroatoms. The van der Waals surface area contributed by atoms with E-state index in [1.807, 2.05) is 30.0 Å². The van der Waals surface area contributed by atoms with E-state index < -0.39 is 0 Å². The summed E-state index contributed by atoms with van der Waals surface area (Å²) in [5.41, 5.74) is 2.62. The lowest BCUT2D eigenvalue weighted by atomic mass is 9.93. The first-order valence-electron chi connectivity index (χ1n) is 9.74. The predicted octanol–water partition coefficient (Wildman–Crippen LogP) is 2.93. The van der Waals surface area contributed by atoms with Crippen LogP contribution in [0.5, 0.6) is 5.75 Å². The standard InChI is InChI=1S/C21H28N4O3/c1-15-10-18(28-2)6-7-19(15)24-20(26)8-5-16-4-3-9-25(13-16)21(27)11-17-12-22-14-23-17/h6-7,10,12,14,16H,3-5,8-9,11,13H2,1-2H3,(H,22,23)(H,24,26)/t16-/m0/s1. The van der Waals surface area contributed by atoms with E-state index in [2.05, 4.69) is 15.3 Å². The van der Waals surface area contributed by atoms with Crippen LogP contribution in [0.25, 0.3) is 0 Å². The third kappa shape index (κ3) is 5.34. The SMILES string of the molecule is COc1ccc(NC(=O)CC[C@@H]2CCCN(C(=O)Cc3cnc[nH]3)C2)c(C)c1. The zero-order valence-corrected chi connectivity index (χ0v) is 16.5. The second-order valence-electron chi connectivity index (χ2n) is 7.37. The third-order valence-electron chi connectivity index (χ3n) is 5.26. The number of H-pyrrole nitrogens is 1. The molecule has 1 aromatic heterocycles. The van der Waals surface area contributed by atoms with Gasteiger partial charge in [-0.15, -0.1) is 0 Å². The highest BCUT2D eigenvalue weighted by Crippen LogP contribution is 2.24. The average molecular weight is 384 g/mol. The summed E-state index contributed by atoms with van der Waals surface area (Å²) in [5.74, 6) is 1.27. The van der Waals surface area contributed by atoms with E-state index in [1.54, 1.807) is 19.6 Å². The molecule has 0 aliphatic carbocycles. The van der Waals surface area contributed by atoms with Gasteiger partial charge in [-0.2, -0.15) is 0 Å². The molecule has 2 N–H and O–H groups in total. The lowest BCUT2D eigenvalue weighted by Crippen LogP contribution is -2.41. The number of carbonyl (C=O) groups is 2. The Labute approximate surface area is 165 Å². The van der Waals surface area contributed by atoms with Crippen LogP contribution >= 0.6 is 0 Å². The van der Waals surface area contributed by atoms with Crippen molar-refractivity contribution in [3.05, 3.63) is 42.0 Å². The van der Waals surface area contributed by atoms with Crippen molar-refractivity contribution in [3.8, 4) is 5.75 Å². The van der Waals surface area contributed by atoms with Crippen LogP contribution in [0.2, 0.25) is 0 Å². The first-order chi connectivity index (χ1) is 13.5. The Hall–Kier alpha value is -2.83. The molecule has 1 fully saturated rings. The predicted molar refractivity (Wildman–Crippen MR) is 107 cm³/mol. The van der Waals surface area contributed by atoms with Crippen LogP contribution in [-0.4, -0.2) is 46.9 Å². The third-order valence-corrected chi connectivity index (χ3v) is 5.26. The van der Waals surface area contributed by atoms with Crippen LogP contribution in [0.3, 0.4) is 0 Å². The van der Waals surface area contributed by atoms with Crippen LogP contribution < -0.4 is 10.1 Å². The summed E-state index contributed by atoms with van der Waals surface area (Å²) in [5, 5.41) is 2.98. The number of hydrogen-bond donors (Lipinski definition) is 2. The number of carbonyl (C=O) groups excluding carboxylic acids is 2. The minimum Gasteiger partial charge on any atom is -0.497 e. The van der Waals surface area contributed by atoms with Crippen molar-refractivity contribution < 1.29 is 14.3 Å². The topological polar surface area (TPSA) is 87.3 Å². The van der Waals surface area contributed by atoms with E-state index in [-0.39, 0.29) is 11.8 Å². The molecule has 1 aromatic carbocycles. The monoisotopic (exact) mass is 384 g/mol. The maximum Gasteiger partial charge on any atom is 0.228 e. The Balaban J connectivity index is 1.46. The van der Waals surface area contributed by atoms with Crippen molar-refractivity contribution in [2.75, 3.05) is 25.5 Å². The molecule has 150 valence electrons. The first kappa shape index (κ1) is 19.9. The molecule has 7 nitrogen and oxygen atoms in total. The van der Waals surface area contributed by atoms with Crippen molar-refractivity contribution in [1.82, 2.24) is 14.9 Å². The van der Waals surface area contributed by atoms with Crippen LogP contribution in [0, 0.1) is 12.8 Å². The highest BCUT2D eigenvalue weighted by atomic mass is 16.5. The van der Waals surface area contributed by atoms with Crippen molar-refractivity contribution in [2.24, 2.45) is 5.92 Å². The fraction of sp³-hybridized carbons (Fsp3) is 0.476. The van der Waals surface area contributed by atoms with E-state index in [4.69, 9.17) is 4.74 Å². The van der Waals surface area contributed by atoms with Gasteiger partial charge >= 0.3 is 0 Å². The second kappa shape index (κ2) is 9.39. The van der Waals surface area contributed by atoms with Crippen molar-refractivity contribution in [1.29, 1.82) is 0 Å². The van der Waals surface area contributed by atoms with E-state index in [9.17, 15) is 9.59 Å². The number of hydrogen-bond acceptors (Lipinski definition) is 4. The summed E-state index contributed by atoms with van der Waals surface area (Å²) in [6.45, 7) is 3.46. The molecule has 1 saturated heterocycles. The summed E-state index contributed by atoms with van der Waals surface area (Å²) in [4.78, 5) is 33.7. The minimum atomic E-state index is 0.00850. The van der Waals surface area contributed by atoms with Gasteiger partial charge in [0, 0.05) is 37.1 Å². The van der Waals surface area contributed by atoms with Gasteiger partial charge < -0.3 is 19.9 Å². The summed E-state index contributed by atoms with van der Waals surface area (Å²) >= 11 is 0. The molecule has 0 saturated carbocycles. The molecule has 2 amide bonds. The number of methoxy groups -OCH3 is 1. The van der Waals surface area contributed by atoms with Gasteiger partial charge in [-0.25, -0.2) is 4.98 Å². The molecule has 1 atom stereocenters. The number of anilines is 1. The molecule has 3 rings (SSSR count). The number of rotatable bonds is 7. The maximum atomic E-state index is 12.5. The van der Waals surface area contributed by atoms with Crippen LogP contribution in [0.15, 0.2) is 30.7 Å². The van der Waals surface area contributed by atoms with Gasteiger partial charge in [0.15, 0.2) is 0 Å². The molecular weight excluding hydrogens is 356 g/mol. The summed E-state index contributed by atoms with van der Waals surface area (Å²) in [6, 6.07) is 5.61. The van der Waals surface area contributed by atoms with Crippen molar-refractivity contribution in [2.45, 2.75) is 39.0 Å². The van der Waals surface area contributed by atoms with Gasteiger partial charge in [0.1, 0.15) is 5.75 Å². The Kier molecular flexibility index (Phi) is 6.68. The average Bonchev–Trinajstić information content (AvgIpc) is 3.21. The number of piperidine rings is 1. The van der Waals surface area contributed by atoms with Crippen LogP contribution in [-0.2, 0) is 16.0 Å². The van der Waals surface area contributed by atoms with E-state index >= 15 is 0 Å². The number of benzene rings is 1. The number of ether oxygens (including phenoxy) is 1. The van der Waals surface area contributed by atoms with E-state index in [0.29, 0.717) is 18.8 Å². The normalized spacial score (nSPS) is 16.6. The fourth-order valence-corrected chi connectivity index (χ4v) is 3.63. The molecule has 0 unspecified atom stereocenters. The van der Waals surface area contributed by atoms with Crippen molar-refractivity contribution in [3.63, 3.8) is 0 Å². The summed E-state index contributed by atoms with van der Waals surface area (Å²) in [6.07, 6.45) is 6.91. The molecule has 0 spiro atoms. The molecule has 2 heterocycles. The number of nitrogens with zero attached hydrogens (tertiary/aromatic N) is 2. The Morgan fingerprint density at radius 2 is 2.25 bits per heavy atom. The number of nitrogens with one attached hydrogen (secondary N) is 2. The number of aromatic amines is 1. The fourth-order valence-electron chi connectivity index (χ4n) is 3.63. The molecule has 0 bridgehead atoms. The highest BCUT2D eigenvalue weighted by Gasteiger charge is 2.24. The minimum absolute atomic E-state index is 0.00850. The number of amides is 2. The number of aryl methyl sites for hydroxylation is 1.